The molecule has 0 atom stereocenters. The van der Waals surface area contributed by atoms with E-state index < -0.39 is 5.97 Å². The maximum Gasteiger partial charge on any atom is 2.00 e. The number of carboxylic acids is 1. The van der Waals surface area contributed by atoms with Gasteiger partial charge in [-0.15, -0.1) is 0 Å². The number of rotatable bonds is 0. The van der Waals surface area contributed by atoms with Gasteiger partial charge >= 0.3 is 37.7 Å². The van der Waals surface area contributed by atoms with E-state index in [1.807, 2.05) is 0 Å². The normalized spacial score (nSPS) is 4.43. The Labute approximate surface area is 76.5 Å². The molecule has 3 nitrogen and oxygen atoms in total. The van der Waals surface area contributed by atoms with E-state index in [0.29, 0.717) is 0 Å². The van der Waals surface area contributed by atoms with Crippen molar-refractivity contribution in [3.8, 4) is 0 Å². The van der Waals surface area contributed by atoms with Gasteiger partial charge in [0, 0.05) is 5.97 Å². The molecule has 0 rings (SSSR count). The van der Waals surface area contributed by atoms with Crippen LogP contribution < -0.4 is 9.77 Å². The summed E-state index contributed by atoms with van der Waals surface area (Å²) in [4.78, 5) is 8.89. The Hall–Kier alpha value is 0.980. The third-order valence-electron chi connectivity index (χ3n) is 0. The Bertz CT molecular complexity index is 35.9. The zero-order valence-electron chi connectivity index (χ0n) is 3.81. The van der Waals surface area contributed by atoms with Gasteiger partial charge in [0.1, 0.15) is 0 Å². The second-order valence-corrected chi connectivity index (χ2v) is 0.492. The van der Waals surface area contributed by atoms with E-state index in [1.54, 1.807) is 0 Å². The molecule has 0 saturated heterocycles. The molecular weight excluding hydrogens is 148 g/mol. The van der Waals surface area contributed by atoms with Gasteiger partial charge in [-0.25, -0.2) is 11.9 Å². The van der Waals surface area contributed by atoms with E-state index in [0.717, 1.165) is 6.92 Å². The molecule has 0 spiro atoms. The molecule has 0 aromatic carbocycles. The Morgan fingerprint density at radius 2 is 1.57 bits per heavy atom. The van der Waals surface area contributed by atoms with E-state index in [4.69, 9.17) is 14.6 Å². The van der Waals surface area contributed by atoms with Crippen molar-refractivity contribution in [3.05, 3.63) is 0 Å². The molecule has 0 radical (unpaired) electrons. The molecule has 0 aromatic heterocycles. The van der Waals surface area contributed by atoms with Crippen molar-refractivity contribution in [1.29, 1.82) is 0 Å². The van der Waals surface area contributed by atoms with E-state index in [-0.39, 0.29) is 37.7 Å². The molecule has 0 unspecified atom stereocenters. The fraction of sp³-hybridized carbons (Fsp3) is 0.500. The average Bonchev–Trinajstić information content (AvgIpc) is 1.41. The smallest absolute Gasteiger partial charge is 0.769 e. The number of hydrogen-bond acceptors (Lipinski definition) is 3. The number of carbonyl (C=O) groups is 1. The molecular formula is C2H3CaClO3. The van der Waals surface area contributed by atoms with Gasteiger partial charge in [0.25, 0.3) is 0 Å². The predicted molar refractivity (Wildman–Crippen MR) is 22.3 cm³/mol. The summed E-state index contributed by atoms with van der Waals surface area (Å²) in [6.45, 7) is 0.972. The van der Waals surface area contributed by atoms with E-state index >= 15 is 0 Å². The van der Waals surface area contributed by atoms with Gasteiger partial charge in [-0.2, -0.15) is 0 Å². The van der Waals surface area contributed by atoms with E-state index in [9.17, 15) is 0 Å². The largest absolute Gasteiger partial charge is 2.00 e. The molecule has 0 aliphatic rings. The Morgan fingerprint density at radius 3 is 1.57 bits per heavy atom. The average molecular weight is 151 g/mol. The molecule has 7 heavy (non-hydrogen) atoms. The summed E-state index contributed by atoms with van der Waals surface area (Å²) in [5, 5.41) is 8.89. The topological polar surface area (TPSA) is 63.2 Å². The molecule has 5 heteroatoms. The molecule has 0 amide bonds. The molecule has 38 valence electrons. The SMILES string of the molecule is CC(=O)[O-].[Ca+2].[O-]Cl. The summed E-state index contributed by atoms with van der Waals surface area (Å²) in [5.41, 5.74) is 0. The van der Waals surface area contributed by atoms with Crippen LogP contribution in [0.2, 0.25) is 0 Å². The van der Waals surface area contributed by atoms with Crippen LogP contribution in [0, 0.1) is 0 Å². The monoisotopic (exact) mass is 150 g/mol. The first kappa shape index (κ1) is 15.7. The fourth-order valence-corrected chi connectivity index (χ4v) is 0. The van der Waals surface area contributed by atoms with Crippen LogP contribution in [-0.4, -0.2) is 43.7 Å². The molecule has 0 aliphatic carbocycles. The van der Waals surface area contributed by atoms with Gasteiger partial charge in [0.2, 0.25) is 0 Å². The summed E-state index contributed by atoms with van der Waals surface area (Å²) < 4.78 is 7.72. The Morgan fingerprint density at radius 1 is 1.57 bits per heavy atom. The zero-order chi connectivity index (χ0) is 5.58. The van der Waals surface area contributed by atoms with Crippen molar-refractivity contribution in [1.82, 2.24) is 0 Å². The minimum Gasteiger partial charge on any atom is -0.769 e. The third-order valence-corrected chi connectivity index (χ3v) is 0. The second kappa shape index (κ2) is 15.8. The zero-order valence-corrected chi connectivity index (χ0v) is 6.77. The van der Waals surface area contributed by atoms with E-state index in [1.165, 1.54) is 0 Å². The van der Waals surface area contributed by atoms with Gasteiger partial charge in [0.05, 0.1) is 0 Å². The van der Waals surface area contributed by atoms with Crippen LogP contribution in [-0.2, 0) is 4.79 Å². The third kappa shape index (κ3) is 180. The number of carbonyl (C=O) groups excluding carboxylic acids is 1. The fourth-order valence-electron chi connectivity index (χ4n) is 0. The molecule has 0 heterocycles. The molecule has 0 saturated carbocycles. The number of halogens is 1. The summed E-state index contributed by atoms with van der Waals surface area (Å²) in [6.07, 6.45) is 0. The maximum atomic E-state index is 8.89. The first-order chi connectivity index (χ1) is 2.73. The van der Waals surface area contributed by atoms with Crippen LogP contribution in [0.25, 0.3) is 0 Å². The van der Waals surface area contributed by atoms with Crippen molar-refractivity contribution in [2.24, 2.45) is 0 Å². The Balaban J connectivity index is -0.0000000480. The van der Waals surface area contributed by atoms with Gasteiger partial charge in [0.15, 0.2) is 0 Å². The standard InChI is InChI=1S/C2H4O2.Ca.ClO/c1-2(3)4;;1-2/h1H3,(H,3,4);;/q;+2;-1/p-1. The van der Waals surface area contributed by atoms with E-state index in [2.05, 4.69) is 11.9 Å². The number of carboxylic acid groups (broad SMARTS) is 1. The predicted octanol–water partition coefficient (Wildman–Crippen LogP) is -2.12. The molecule has 0 bridgehead atoms. The number of aliphatic carboxylic acids is 1. The van der Waals surface area contributed by atoms with Crippen molar-refractivity contribution in [2.75, 3.05) is 0 Å². The quantitative estimate of drug-likeness (QED) is 0.371. The summed E-state index contributed by atoms with van der Waals surface area (Å²) in [5.74, 6) is -1.08. The minimum atomic E-state index is -1.08. The number of hydrogen-bond donors (Lipinski definition) is 0. The van der Waals surface area contributed by atoms with Crippen LogP contribution in [0.1, 0.15) is 6.92 Å². The van der Waals surface area contributed by atoms with Gasteiger partial charge in [-0.05, 0) is 6.92 Å². The summed E-state index contributed by atoms with van der Waals surface area (Å²) in [6, 6.07) is 0. The minimum absolute atomic E-state index is 0. The Kier molecular flexibility index (Phi) is 35.3. The first-order valence-electron chi connectivity index (χ1n) is 1.06. The molecule has 0 aromatic rings. The van der Waals surface area contributed by atoms with Crippen LogP contribution in [0.15, 0.2) is 0 Å². The second-order valence-electron chi connectivity index (χ2n) is 0.492. The van der Waals surface area contributed by atoms with Crippen LogP contribution >= 0.6 is 11.9 Å². The van der Waals surface area contributed by atoms with Gasteiger partial charge < -0.3 is 14.6 Å². The summed E-state index contributed by atoms with van der Waals surface area (Å²) in [7, 11) is 0. The van der Waals surface area contributed by atoms with Gasteiger partial charge in [-0.1, -0.05) is 0 Å². The van der Waals surface area contributed by atoms with Crippen molar-refractivity contribution in [2.45, 2.75) is 6.92 Å². The first-order valence-corrected chi connectivity index (χ1v) is 1.37. The van der Waals surface area contributed by atoms with Crippen molar-refractivity contribution < 1.29 is 14.6 Å². The molecule has 0 N–H and O–H groups in total. The van der Waals surface area contributed by atoms with Crippen LogP contribution in [0.3, 0.4) is 0 Å². The molecule has 0 fully saturated rings. The summed E-state index contributed by atoms with van der Waals surface area (Å²) >= 11 is 3.39. The van der Waals surface area contributed by atoms with Crippen LogP contribution in [0.5, 0.6) is 0 Å². The van der Waals surface area contributed by atoms with Gasteiger partial charge in [-0.3, -0.25) is 0 Å². The van der Waals surface area contributed by atoms with Crippen LogP contribution in [0.4, 0.5) is 0 Å². The maximum absolute atomic E-state index is 8.89. The van der Waals surface area contributed by atoms with Crippen molar-refractivity contribution >= 4 is 55.6 Å². The van der Waals surface area contributed by atoms with Crippen molar-refractivity contribution in [3.63, 3.8) is 0 Å². The molecule has 0 aliphatic heterocycles.